The number of fused-ring (bicyclic) bond motifs is 3. The van der Waals surface area contributed by atoms with Gasteiger partial charge in [0.15, 0.2) is 0 Å². The van der Waals surface area contributed by atoms with Crippen molar-refractivity contribution in [2.24, 2.45) is 0 Å². The average molecular weight is 495 g/mol. The first-order valence-electron chi connectivity index (χ1n) is 10.5. The van der Waals surface area contributed by atoms with E-state index in [1.54, 1.807) is 53.2 Å². The fourth-order valence-electron chi connectivity index (χ4n) is 4.48. The van der Waals surface area contributed by atoms with Crippen LogP contribution in [0.2, 0.25) is 5.02 Å². The van der Waals surface area contributed by atoms with E-state index in [0.717, 1.165) is 22.4 Å². The van der Waals surface area contributed by atoms with Crippen LogP contribution in [0.25, 0.3) is 5.70 Å². The van der Waals surface area contributed by atoms with Crippen LogP contribution in [0, 0.1) is 11.6 Å². The zero-order valence-electron chi connectivity index (χ0n) is 17.8. The molecule has 0 aliphatic carbocycles. The minimum Gasteiger partial charge on any atom is -0.480 e. The number of nitrogens with one attached hydrogen (secondary N) is 1. The van der Waals surface area contributed by atoms with E-state index in [2.05, 4.69) is 15.4 Å². The molecule has 9 heteroatoms. The number of nitrogens with zero attached hydrogens (tertiary/aromatic N) is 3. The lowest BCUT2D eigenvalue weighted by atomic mass is 9.84. The molecule has 0 fully saturated rings. The molecular weight excluding hydrogens is 478 g/mol. The van der Waals surface area contributed by atoms with Crippen LogP contribution < -0.4 is 10.1 Å². The van der Waals surface area contributed by atoms with Crippen LogP contribution >= 0.6 is 23.4 Å². The Bertz CT molecular complexity index is 1450. The van der Waals surface area contributed by atoms with E-state index in [9.17, 15) is 4.39 Å². The number of thioether (sulfide) groups is 1. The summed E-state index contributed by atoms with van der Waals surface area (Å²) in [4.78, 5) is 4.59. The highest BCUT2D eigenvalue weighted by Crippen LogP contribution is 2.51. The van der Waals surface area contributed by atoms with Crippen molar-refractivity contribution in [2.45, 2.75) is 17.3 Å². The minimum absolute atomic E-state index is 0.350. The maximum absolute atomic E-state index is 15.2. The molecule has 170 valence electrons. The van der Waals surface area contributed by atoms with Gasteiger partial charge in [-0.3, -0.25) is 0 Å². The monoisotopic (exact) mass is 494 g/mol. The van der Waals surface area contributed by atoms with Gasteiger partial charge >= 0.3 is 0 Å². The third kappa shape index (κ3) is 3.36. The number of anilines is 1. The molecule has 6 rings (SSSR count). The van der Waals surface area contributed by atoms with Crippen LogP contribution in [0.3, 0.4) is 0 Å². The van der Waals surface area contributed by atoms with Gasteiger partial charge in [-0.15, -0.1) is 5.10 Å². The Balaban J connectivity index is 1.66. The van der Waals surface area contributed by atoms with Gasteiger partial charge in [-0.05, 0) is 48.2 Å². The predicted octanol–water partition coefficient (Wildman–Crippen LogP) is 6.49. The fraction of sp³-hybridized carbons (Fsp3) is 0.120. The highest BCUT2D eigenvalue weighted by atomic mass is 35.5. The Kier molecular flexibility index (Phi) is 5.08. The van der Waals surface area contributed by atoms with E-state index in [1.807, 2.05) is 6.26 Å². The quantitative estimate of drug-likeness (QED) is 0.330. The second-order valence-corrected chi connectivity index (χ2v) is 9.15. The summed E-state index contributed by atoms with van der Waals surface area (Å²) in [6, 6.07) is 17.4. The van der Waals surface area contributed by atoms with Gasteiger partial charge in [-0.1, -0.05) is 53.7 Å². The fourth-order valence-corrected chi connectivity index (χ4v) is 5.00. The summed E-state index contributed by atoms with van der Waals surface area (Å²) in [5.74, 6) is 0.372. The molecule has 34 heavy (non-hydrogen) atoms. The molecule has 0 saturated carbocycles. The highest BCUT2D eigenvalue weighted by Gasteiger charge is 2.42. The first-order valence-corrected chi connectivity index (χ1v) is 12.1. The van der Waals surface area contributed by atoms with Crippen molar-refractivity contribution in [1.29, 1.82) is 0 Å². The van der Waals surface area contributed by atoms with Gasteiger partial charge in [0.05, 0.1) is 5.70 Å². The van der Waals surface area contributed by atoms with E-state index < -0.39 is 12.1 Å². The number of rotatable bonds is 3. The molecule has 0 saturated heterocycles. The summed E-state index contributed by atoms with van der Waals surface area (Å²) in [5, 5.41) is 9.11. The third-order valence-electron chi connectivity index (χ3n) is 5.97. The Morgan fingerprint density at radius 2 is 1.85 bits per heavy atom. The predicted molar refractivity (Wildman–Crippen MR) is 128 cm³/mol. The molecule has 2 aliphatic heterocycles. The lowest BCUT2D eigenvalue weighted by Gasteiger charge is -2.39. The normalized spacial score (nSPS) is 18.5. The van der Waals surface area contributed by atoms with Gasteiger partial charge in [-0.25, -0.2) is 13.5 Å². The molecule has 3 aromatic carbocycles. The van der Waals surface area contributed by atoms with Gasteiger partial charge < -0.3 is 10.1 Å². The largest absolute Gasteiger partial charge is 0.480 e. The van der Waals surface area contributed by atoms with Crippen molar-refractivity contribution in [3.63, 3.8) is 0 Å². The Hall–Kier alpha value is -3.36. The molecule has 0 bridgehead atoms. The third-order valence-corrected chi connectivity index (χ3v) is 6.74. The molecule has 4 aromatic rings. The van der Waals surface area contributed by atoms with Gasteiger partial charge in [0.1, 0.15) is 29.5 Å². The molecule has 0 unspecified atom stereocenters. The van der Waals surface area contributed by atoms with E-state index in [1.165, 1.54) is 30.0 Å². The smallest absolute Gasteiger partial charge is 0.227 e. The van der Waals surface area contributed by atoms with Crippen LogP contribution in [-0.4, -0.2) is 21.0 Å². The van der Waals surface area contributed by atoms with Crippen molar-refractivity contribution in [1.82, 2.24) is 14.8 Å². The number of aromatic nitrogens is 3. The van der Waals surface area contributed by atoms with Gasteiger partial charge in [0, 0.05) is 21.7 Å². The number of hydrogen-bond donors (Lipinski definition) is 1. The zero-order chi connectivity index (χ0) is 23.4. The molecule has 3 heterocycles. The molecule has 0 radical (unpaired) electrons. The Morgan fingerprint density at radius 3 is 2.62 bits per heavy atom. The summed E-state index contributed by atoms with van der Waals surface area (Å²) in [5.41, 5.74) is 3.35. The number of hydrogen-bond acceptors (Lipinski definition) is 5. The van der Waals surface area contributed by atoms with E-state index in [0.29, 0.717) is 27.4 Å². The summed E-state index contributed by atoms with van der Waals surface area (Å²) in [6.07, 6.45) is 1.25. The highest BCUT2D eigenvalue weighted by molar-refractivity contribution is 7.98. The van der Waals surface area contributed by atoms with Crippen molar-refractivity contribution in [2.75, 3.05) is 11.6 Å². The second kappa shape index (κ2) is 8.14. The van der Waals surface area contributed by atoms with Crippen LogP contribution in [-0.2, 0) is 0 Å². The average Bonchev–Trinajstić information content (AvgIpc) is 3.26. The number of ether oxygens (including phenoxy) is 1. The van der Waals surface area contributed by atoms with Crippen LogP contribution in [0.1, 0.15) is 28.8 Å². The maximum atomic E-state index is 15.2. The minimum atomic E-state index is -0.650. The summed E-state index contributed by atoms with van der Waals surface area (Å²) < 4.78 is 37.1. The molecule has 0 spiro atoms. The molecule has 2 aliphatic rings. The summed E-state index contributed by atoms with van der Waals surface area (Å²) in [7, 11) is 0. The van der Waals surface area contributed by atoms with Crippen LogP contribution in [0.4, 0.5) is 14.7 Å². The molecule has 0 amide bonds. The SMILES string of the molecule is CSc1nc2n(n1)[C@@H](c1ccccc1F)C1=C(N2)c2cc(Cl)ccc2O[C@H]1c1ccc(F)cc1. The second-order valence-electron chi connectivity index (χ2n) is 7.94. The Morgan fingerprint density at radius 1 is 1.06 bits per heavy atom. The van der Waals surface area contributed by atoms with E-state index in [-0.39, 0.29) is 11.6 Å². The van der Waals surface area contributed by atoms with Crippen molar-refractivity contribution in [3.05, 3.63) is 106 Å². The molecule has 2 atom stereocenters. The topological polar surface area (TPSA) is 52.0 Å². The lowest BCUT2D eigenvalue weighted by molar-refractivity contribution is 0.222. The molecule has 1 N–H and O–H groups in total. The number of halogens is 3. The van der Waals surface area contributed by atoms with Gasteiger partial charge in [0.2, 0.25) is 11.1 Å². The molecular formula is C25H17ClF2N4OS. The van der Waals surface area contributed by atoms with Crippen LogP contribution in [0.5, 0.6) is 5.75 Å². The van der Waals surface area contributed by atoms with Gasteiger partial charge in [-0.2, -0.15) is 4.98 Å². The van der Waals surface area contributed by atoms with Crippen molar-refractivity contribution >= 4 is 35.0 Å². The van der Waals surface area contributed by atoms with Crippen LogP contribution in [0.15, 0.2) is 77.5 Å². The Labute approximate surface area is 203 Å². The van der Waals surface area contributed by atoms with E-state index >= 15 is 4.39 Å². The maximum Gasteiger partial charge on any atom is 0.227 e. The first-order chi connectivity index (χ1) is 16.5. The standard InChI is InChI=1S/C25H17ClF2N4OS/c1-34-25-30-24-29-21-17-12-14(26)8-11-19(17)33-23(13-6-9-15(27)10-7-13)20(21)22(32(24)31-25)16-4-2-3-5-18(16)28/h2-12,22-23H,1H3,(H,29,30,31)/t22-,23-/m0/s1. The zero-order valence-corrected chi connectivity index (χ0v) is 19.4. The molecule has 1 aromatic heterocycles. The number of benzene rings is 3. The van der Waals surface area contributed by atoms with Crippen molar-refractivity contribution < 1.29 is 13.5 Å². The lowest BCUT2D eigenvalue weighted by Crippen LogP contribution is -2.32. The van der Waals surface area contributed by atoms with E-state index in [4.69, 9.17) is 16.3 Å². The first kappa shape index (κ1) is 21.2. The summed E-state index contributed by atoms with van der Waals surface area (Å²) in [6.45, 7) is 0. The molecule has 5 nitrogen and oxygen atoms in total. The summed E-state index contributed by atoms with van der Waals surface area (Å²) >= 11 is 7.73. The van der Waals surface area contributed by atoms with Gasteiger partial charge in [0.25, 0.3) is 0 Å². The van der Waals surface area contributed by atoms with Crippen molar-refractivity contribution in [3.8, 4) is 5.75 Å².